The Balaban J connectivity index is 1.96. The van der Waals surface area contributed by atoms with Crippen molar-refractivity contribution in [3.05, 3.63) is 41.9 Å². The second kappa shape index (κ2) is 4.80. The first kappa shape index (κ1) is 11.3. The number of hydrogen-bond donors (Lipinski definition) is 1. The van der Waals surface area contributed by atoms with E-state index in [4.69, 9.17) is 5.10 Å². The Morgan fingerprint density at radius 2 is 2.22 bits per heavy atom. The zero-order chi connectivity index (χ0) is 12.4. The van der Waals surface area contributed by atoms with Crippen molar-refractivity contribution in [2.45, 2.75) is 32.2 Å². The molecule has 0 aromatic carbocycles. The summed E-state index contributed by atoms with van der Waals surface area (Å²) in [4.78, 5) is 4.09. The van der Waals surface area contributed by atoms with Gasteiger partial charge in [0.2, 0.25) is 0 Å². The summed E-state index contributed by atoms with van der Waals surface area (Å²) in [5.74, 6) is 1.14. The number of pyridine rings is 1. The average molecular weight is 242 g/mol. The fourth-order valence-electron chi connectivity index (χ4n) is 2.55. The lowest BCUT2D eigenvalue weighted by atomic mass is 10.0. The number of anilines is 1. The standard InChI is InChI=1S/C14H18N4/c1-2-3-12-10-14-16-9-6-13(18(14)17-12)11-4-7-15-8-5-11/h4-5,7-8,10,13,16H,2-3,6,9H2,1H3. The fraction of sp³-hybridized carbons (Fsp3) is 0.429. The van der Waals surface area contributed by atoms with Gasteiger partial charge in [0, 0.05) is 25.0 Å². The maximum Gasteiger partial charge on any atom is 0.125 e. The Labute approximate surface area is 107 Å². The van der Waals surface area contributed by atoms with Crippen molar-refractivity contribution in [1.29, 1.82) is 0 Å². The third kappa shape index (κ3) is 1.98. The molecular weight excluding hydrogens is 224 g/mol. The highest BCUT2D eigenvalue weighted by molar-refractivity contribution is 5.41. The van der Waals surface area contributed by atoms with Crippen LogP contribution in [0.2, 0.25) is 0 Å². The van der Waals surface area contributed by atoms with Gasteiger partial charge in [0.1, 0.15) is 5.82 Å². The normalized spacial score (nSPS) is 18.2. The van der Waals surface area contributed by atoms with Gasteiger partial charge in [-0.25, -0.2) is 4.68 Å². The van der Waals surface area contributed by atoms with E-state index in [1.807, 2.05) is 12.4 Å². The van der Waals surface area contributed by atoms with Gasteiger partial charge in [-0.05, 0) is 30.5 Å². The monoisotopic (exact) mass is 242 g/mol. The molecule has 0 fully saturated rings. The van der Waals surface area contributed by atoms with E-state index in [9.17, 15) is 0 Å². The first-order chi connectivity index (χ1) is 8.88. The molecule has 4 heteroatoms. The lowest BCUT2D eigenvalue weighted by Gasteiger charge is -2.25. The Morgan fingerprint density at radius 1 is 1.39 bits per heavy atom. The molecule has 1 aliphatic rings. The molecule has 0 saturated carbocycles. The minimum absolute atomic E-state index is 0.342. The second-order valence-corrected chi connectivity index (χ2v) is 4.73. The summed E-state index contributed by atoms with van der Waals surface area (Å²) in [6.07, 6.45) is 6.96. The summed E-state index contributed by atoms with van der Waals surface area (Å²) >= 11 is 0. The Hall–Kier alpha value is -1.84. The summed E-state index contributed by atoms with van der Waals surface area (Å²) in [6.45, 7) is 3.19. The van der Waals surface area contributed by atoms with E-state index < -0.39 is 0 Å². The molecule has 0 radical (unpaired) electrons. The van der Waals surface area contributed by atoms with Crippen LogP contribution in [0.25, 0.3) is 0 Å². The number of nitrogens with zero attached hydrogens (tertiary/aromatic N) is 3. The van der Waals surface area contributed by atoms with Crippen LogP contribution in [0.3, 0.4) is 0 Å². The van der Waals surface area contributed by atoms with Gasteiger partial charge in [0.15, 0.2) is 0 Å². The SMILES string of the molecule is CCCc1cc2n(n1)C(c1ccncc1)CCN2. The maximum atomic E-state index is 4.73. The molecule has 2 aromatic heterocycles. The second-order valence-electron chi connectivity index (χ2n) is 4.73. The van der Waals surface area contributed by atoms with Gasteiger partial charge in [-0.15, -0.1) is 0 Å². The van der Waals surface area contributed by atoms with E-state index in [2.05, 4.69) is 40.1 Å². The van der Waals surface area contributed by atoms with Crippen molar-refractivity contribution in [1.82, 2.24) is 14.8 Å². The highest BCUT2D eigenvalue weighted by Crippen LogP contribution is 2.29. The number of rotatable bonds is 3. The van der Waals surface area contributed by atoms with Crippen LogP contribution >= 0.6 is 0 Å². The van der Waals surface area contributed by atoms with Gasteiger partial charge in [0.25, 0.3) is 0 Å². The molecule has 94 valence electrons. The number of aromatic nitrogens is 3. The van der Waals surface area contributed by atoms with Gasteiger partial charge >= 0.3 is 0 Å². The highest BCUT2D eigenvalue weighted by Gasteiger charge is 2.22. The predicted molar refractivity (Wildman–Crippen MR) is 71.7 cm³/mol. The number of hydrogen-bond acceptors (Lipinski definition) is 3. The predicted octanol–water partition coefficient (Wildman–Crippen LogP) is 2.64. The van der Waals surface area contributed by atoms with Crippen molar-refractivity contribution in [3.63, 3.8) is 0 Å². The molecule has 0 amide bonds. The first-order valence-electron chi connectivity index (χ1n) is 6.60. The fourth-order valence-corrected chi connectivity index (χ4v) is 2.55. The molecule has 1 unspecified atom stereocenters. The molecule has 1 aliphatic heterocycles. The van der Waals surface area contributed by atoms with Gasteiger partial charge in [-0.1, -0.05) is 13.3 Å². The highest BCUT2D eigenvalue weighted by atomic mass is 15.4. The molecular formula is C14H18N4. The van der Waals surface area contributed by atoms with E-state index >= 15 is 0 Å². The average Bonchev–Trinajstić information content (AvgIpc) is 2.82. The van der Waals surface area contributed by atoms with Gasteiger partial charge in [-0.2, -0.15) is 5.10 Å². The topological polar surface area (TPSA) is 42.7 Å². The molecule has 3 heterocycles. The van der Waals surface area contributed by atoms with Crippen molar-refractivity contribution >= 4 is 5.82 Å². The zero-order valence-corrected chi connectivity index (χ0v) is 10.6. The van der Waals surface area contributed by atoms with Crippen LogP contribution in [0.5, 0.6) is 0 Å². The quantitative estimate of drug-likeness (QED) is 0.899. The summed E-state index contributed by atoms with van der Waals surface area (Å²) in [6, 6.07) is 6.69. The molecule has 2 aromatic rings. The molecule has 0 bridgehead atoms. The summed E-state index contributed by atoms with van der Waals surface area (Å²) in [5.41, 5.74) is 2.47. The third-order valence-corrected chi connectivity index (χ3v) is 3.40. The van der Waals surface area contributed by atoms with Crippen molar-refractivity contribution in [2.75, 3.05) is 11.9 Å². The van der Waals surface area contributed by atoms with Crippen molar-refractivity contribution in [2.24, 2.45) is 0 Å². The van der Waals surface area contributed by atoms with Crippen LogP contribution in [0.4, 0.5) is 5.82 Å². The van der Waals surface area contributed by atoms with Crippen molar-refractivity contribution in [3.8, 4) is 0 Å². The summed E-state index contributed by atoms with van der Waals surface area (Å²) < 4.78 is 2.13. The van der Waals surface area contributed by atoms with Gasteiger partial charge in [0.05, 0.1) is 11.7 Å². The molecule has 0 aliphatic carbocycles. The summed E-state index contributed by atoms with van der Waals surface area (Å²) in [7, 11) is 0. The van der Waals surface area contributed by atoms with E-state index in [1.165, 1.54) is 11.3 Å². The molecule has 3 rings (SSSR count). The molecule has 0 saturated heterocycles. The largest absolute Gasteiger partial charge is 0.370 e. The van der Waals surface area contributed by atoms with Gasteiger partial charge in [-0.3, -0.25) is 4.98 Å². The minimum atomic E-state index is 0.342. The Kier molecular flexibility index (Phi) is 3.00. The zero-order valence-electron chi connectivity index (χ0n) is 10.6. The van der Waals surface area contributed by atoms with Crippen LogP contribution in [0, 0.1) is 0 Å². The first-order valence-corrected chi connectivity index (χ1v) is 6.60. The number of aryl methyl sites for hydroxylation is 1. The summed E-state index contributed by atoms with van der Waals surface area (Å²) in [5, 5.41) is 8.16. The van der Waals surface area contributed by atoms with E-state index in [0.29, 0.717) is 6.04 Å². The van der Waals surface area contributed by atoms with Crippen LogP contribution in [0.15, 0.2) is 30.6 Å². The van der Waals surface area contributed by atoms with Gasteiger partial charge < -0.3 is 5.32 Å². The van der Waals surface area contributed by atoms with Crippen LogP contribution in [-0.2, 0) is 6.42 Å². The molecule has 0 spiro atoms. The lowest BCUT2D eigenvalue weighted by molar-refractivity contribution is 0.477. The molecule has 4 nitrogen and oxygen atoms in total. The van der Waals surface area contributed by atoms with Crippen LogP contribution in [-0.4, -0.2) is 21.3 Å². The molecule has 18 heavy (non-hydrogen) atoms. The maximum absolute atomic E-state index is 4.73. The van der Waals surface area contributed by atoms with Crippen molar-refractivity contribution < 1.29 is 0 Å². The van der Waals surface area contributed by atoms with Crippen LogP contribution in [0.1, 0.15) is 37.1 Å². The van der Waals surface area contributed by atoms with E-state index in [0.717, 1.165) is 31.6 Å². The lowest BCUT2D eigenvalue weighted by Crippen LogP contribution is -2.24. The van der Waals surface area contributed by atoms with E-state index in [1.54, 1.807) is 0 Å². The number of fused-ring (bicyclic) bond motifs is 1. The van der Waals surface area contributed by atoms with Crippen LogP contribution < -0.4 is 5.32 Å². The Bertz CT molecular complexity index is 518. The molecule has 1 atom stereocenters. The smallest absolute Gasteiger partial charge is 0.125 e. The minimum Gasteiger partial charge on any atom is -0.370 e. The van der Waals surface area contributed by atoms with E-state index in [-0.39, 0.29) is 0 Å². The molecule has 1 N–H and O–H groups in total. The Morgan fingerprint density at radius 3 is 3.00 bits per heavy atom. The third-order valence-electron chi connectivity index (χ3n) is 3.40. The number of nitrogens with one attached hydrogen (secondary N) is 1.